The second-order valence-corrected chi connectivity index (χ2v) is 6.10. The molecule has 0 bridgehead atoms. The van der Waals surface area contributed by atoms with E-state index in [9.17, 15) is 9.90 Å². The van der Waals surface area contributed by atoms with E-state index in [1.807, 2.05) is 29.1 Å². The van der Waals surface area contributed by atoms with Crippen molar-refractivity contribution in [3.8, 4) is 0 Å². The third-order valence-corrected chi connectivity index (χ3v) is 3.56. The van der Waals surface area contributed by atoms with Crippen LogP contribution in [0, 0.1) is 0 Å². The molecule has 0 saturated carbocycles. The molecule has 19 heavy (non-hydrogen) atoms. The van der Waals surface area contributed by atoms with Crippen LogP contribution < -0.4 is 0 Å². The number of carbonyl (C=O) groups excluding carboxylic acids is 1. The average Bonchev–Trinajstić information content (AvgIpc) is 2.84. The zero-order valence-corrected chi connectivity index (χ0v) is 12.3. The van der Waals surface area contributed by atoms with Crippen molar-refractivity contribution in [1.82, 2.24) is 14.3 Å². The molecule has 2 aromatic rings. The van der Waals surface area contributed by atoms with Crippen molar-refractivity contribution >= 4 is 22.2 Å². The summed E-state index contributed by atoms with van der Waals surface area (Å²) in [5.41, 5.74) is -0.105. The van der Waals surface area contributed by atoms with Gasteiger partial charge in [-0.15, -0.1) is 11.3 Å². The highest BCUT2D eigenvalue weighted by Gasteiger charge is 2.22. The molecule has 5 nitrogen and oxygen atoms in total. The van der Waals surface area contributed by atoms with E-state index in [0.717, 1.165) is 10.7 Å². The lowest BCUT2D eigenvalue weighted by Gasteiger charge is -2.27. The minimum atomic E-state index is -0.875. The fourth-order valence-electron chi connectivity index (χ4n) is 1.97. The number of aromatic nitrogens is 2. The second-order valence-electron chi connectivity index (χ2n) is 5.22. The van der Waals surface area contributed by atoms with Gasteiger partial charge in [0.25, 0.3) is 0 Å². The molecule has 0 fully saturated rings. The SMILES string of the molecule is CCN(CC(C)(C)O)C(=O)Cc1cn2ccsc2n1. The molecule has 2 heterocycles. The predicted octanol–water partition coefficient (Wildman–Crippen LogP) is 1.56. The van der Waals surface area contributed by atoms with Gasteiger partial charge in [-0.1, -0.05) is 0 Å². The lowest BCUT2D eigenvalue weighted by Crippen LogP contribution is -2.42. The molecule has 6 heteroatoms. The molecular weight excluding hydrogens is 262 g/mol. The summed E-state index contributed by atoms with van der Waals surface area (Å²) in [5, 5.41) is 11.8. The molecule has 2 aromatic heterocycles. The first-order valence-corrected chi connectivity index (χ1v) is 7.18. The van der Waals surface area contributed by atoms with Crippen molar-refractivity contribution in [2.75, 3.05) is 13.1 Å². The van der Waals surface area contributed by atoms with Crippen LogP contribution in [0.4, 0.5) is 0 Å². The molecular formula is C13H19N3O2S. The number of thiazole rings is 1. The second kappa shape index (κ2) is 5.30. The fraction of sp³-hybridized carbons (Fsp3) is 0.538. The van der Waals surface area contributed by atoms with Gasteiger partial charge >= 0.3 is 0 Å². The number of rotatable bonds is 5. The van der Waals surface area contributed by atoms with Crippen LogP contribution in [0.1, 0.15) is 26.5 Å². The summed E-state index contributed by atoms with van der Waals surface area (Å²) >= 11 is 1.55. The largest absolute Gasteiger partial charge is 0.389 e. The quantitative estimate of drug-likeness (QED) is 0.905. The fourth-order valence-corrected chi connectivity index (χ4v) is 2.69. The number of amides is 1. The zero-order valence-electron chi connectivity index (χ0n) is 11.5. The molecule has 0 spiro atoms. The number of hydrogen-bond acceptors (Lipinski definition) is 4. The van der Waals surface area contributed by atoms with Crippen molar-refractivity contribution in [3.05, 3.63) is 23.5 Å². The molecule has 0 radical (unpaired) electrons. The molecule has 1 N–H and O–H groups in total. The zero-order chi connectivity index (χ0) is 14.0. The minimum absolute atomic E-state index is 0.00428. The molecule has 0 aromatic carbocycles. The van der Waals surface area contributed by atoms with Gasteiger partial charge in [0.2, 0.25) is 5.91 Å². The van der Waals surface area contributed by atoms with Crippen molar-refractivity contribution in [2.45, 2.75) is 32.8 Å². The number of aliphatic hydroxyl groups is 1. The van der Waals surface area contributed by atoms with Crippen molar-refractivity contribution < 1.29 is 9.90 Å². The molecule has 1 amide bonds. The number of imidazole rings is 1. The Labute approximate surface area is 116 Å². The van der Waals surface area contributed by atoms with Gasteiger partial charge < -0.3 is 10.0 Å². The van der Waals surface area contributed by atoms with Gasteiger partial charge in [0.15, 0.2) is 4.96 Å². The van der Waals surface area contributed by atoms with E-state index in [-0.39, 0.29) is 12.3 Å². The van der Waals surface area contributed by atoms with Crippen LogP contribution in [0.15, 0.2) is 17.8 Å². The Morgan fingerprint density at radius 3 is 2.89 bits per heavy atom. The van der Waals surface area contributed by atoms with E-state index >= 15 is 0 Å². The summed E-state index contributed by atoms with van der Waals surface area (Å²) in [4.78, 5) is 19.1. The number of fused-ring (bicyclic) bond motifs is 1. The Morgan fingerprint density at radius 2 is 2.32 bits per heavy atom. The predicted molar refractivity (Wildman–Crippen MR) is 75.3 cm³/mol. The summed E-state index contributed by atoms with van der Waals surface area (Å²) in [6.07, 6.45) is 4.08. The lowest BCUT2D eigenvalue weighted by molar-refractivity contribution is -0.133. The molecule has 0 unspecified atom stereocenters. The Morgan fingerprint density at radius 1 is 1.58 bits per heavy atom. The number of nitrogens with zero attached hydrogens (tertiary/aromatic N) is 3. The highest BCUT2D eigenvalue weighted by Crippen LogP contribution is 2.13. The van der Waals surface area contributed by atoms with Gasteiger partial charge in [0.05, 0.1) is 17.7 Å². The van der Waals surface area contributed by atoms with Gasteiger partial charge in [0.1, 0.15) is 0 Å². The van der Waals surface area contributed by atoms with Crippen LogP contribution in [0.5, 0.6) is 0 Å². The molecule has 0 aliphatic heterocycles. The van der Waals surface area contributed by atoms with Crippen LogP contribution >= 0.6 is 11.3 Å². The molecule has 0 aliphatic carbocycles. The summed E-state index contributed by atoms with van der Waals surface area (Å²) in [7, 11) is 0. The van der Waals surface area contributed by atoms with E-state index in [4.69, 9.17) is 0 Å². The normalized spacial score (nSPS) is 12.0. The van der Waals surface area contributed by atoms with Crippen LogP contribution in [-0.2, 0) is 11.2 Å². The monoisotopic (exact) mass is 281 g/mol. The Kier molecular flexibility index (Phi) is 3.91. The topological polar surface area (TPSA) is 57.8 Å². The maximum Gasteiger partial charge on any atom is 0.228 e. The van der Waals surface area contributed by atoms with Crippen molar-refractivity contribution in [3.63, 3.8) is 0 Å². The van der Waals surface area contributed by atoms with E-state index in [2.05, 4.69) is 4.98 Å². The van der Waals surface area contributed by atoms with E-state index in [0.29, 0.717) is 13.1 Å². The van der Waals surface area contributed by atoms with Gasteiger partial charge in [-0.05, 0) is 20.8 Å². The first kappa shape index (κ1) is 14.0. The van der Waals surface area contributed by atoms with Crippen molar-refractivity contribution in [2.24, 2.45) is 0 Å². The van der Waals surface area contributed by atoms with Crippen molar-refractivity contribution in [1.29, 1.82) is 0 Å². The van der Waals surface area contributed by atoms with Crippen LogP contribution in [0.25, 0.3) is 4.96 Å². The van der Waals surface area contributed by atoms with Gasteiger partial charge in [-0.2, -0.15) is 0 Å². The standard InChI is InChI=1S/C13H19N3O2S/c1-4-15(9-13(2,3)18)11(17)7-10-8-16-5-6-19-12(16)14-10/h5-6,8,18H,4,7,9H2,1-3H3. The summed E-state index contributed by atoms with van der Waals surface area (Å²) in [5.74, 6) is -0.00428. The summed E-state index contributed by atoms with van der Waals surface area (Å²) in [6.45, 7) is 6.25. The van der Waals surface area contributed by atoms with Crippen LogP contribution in [0.2, 0.25) is 0 Å². The Balaban J connectivity index is 2.04. The summed E-state index contributed by atoms with van der Waals surface area (Å²) < 4.78 is 1.92. The highest BCUT2D eigenvalue weighted by atomic mass is 32.1. The molecule has 0 saturated heterocycles. The third kappa shape index (κ3) is 3.54. The average molecular weight is 281 g/mol. The van der Waals surface area contributed by atoms with E-state index in [1.54, 1.807) is 30.1 Å². The van der Waals surface area contributed by atoms with Gasteiger partial charge in [-0.25, -0.2) is 4.98 Å². The van der Waals surface area contributed by atoms with Crippen LogP contribution in [0.3, 0.4) is 0 Å². The molecule has 104 valence electrons. The Hall–Kier alpha value is -1.40. The minimum Gasteiger partial charge on any atom is -0.389 e. The molecule has 2 rings (SSSR count). The Bertz CT molecular complexity index is 539. The van der Waals surface area contributed by atoms with Gasteiger partial charge in [0, 0.05) is 30.9 Å². The first-order chi connectivity index (χ1) is 8.89. The first-order valence-electron chi connectivity index (χ1n) is 6.30. The smallest absolute Gasteiger partial charge is 0.228 e. The van der Waals surface area contributed by atoms with Gasteiger partial charge in [-0.3, -0.25) is 9.20 Å². The third-order valence-electron chi connectivity index (χ3n) is 2.79. The molecule has 0 atom stereocenters. The lowest BCUT2D eigenvalue weighted by atomic mass is 10.1. The highest BCUT2D eigenvalue weighted by molar-refractivity contribution is 7.15. The maximum absolute atomic E-state index is 12.2. The molecule has 0 aliphatic rings. The number of likely N-dealkylation sites (N-methyl/N-ethyl adjacent to an activating group) is 1. The van der Waals surface area contributed by atoms with E-state index < -0.39 is 5.60 Å². The summed E-state index contributed by atoms with van der Waals surface area (Å²) in [6, 6.07) is 0. The maximum atomic E-state index is 12.2. The number of hydrogen-bond donors (Lipinski definition) is 1. The van der Waals surface area contributed by atoms with Crippen LogP contribution in [-0.4, -0.2) is 44.0 Å². The number of carbonyl (C=O) groups is 1. The van der Waals surface area contributed by atoms with E-state index in [1.165, 1.54) is 0 Å².